The second kappa shape index (κ2) is 8.16. The Kier molecular flexibility index (Phi) is 6.86. The number of nitrogens with one attached hydrogen (secondary N) is 1. The van der Waals surface area contributed by atoms with Crippen LogP contribution in [0.4, 0.5) is 8.78 Å². The summed E-state index contributed by atoms with van der Waals surface area (Å²) in [5.74, 6) is 1.49. The molecule has 1 heterocycles. The first-order valence-electron chi connectivity index (χ1n) is 6.37. The lowest BCUT2D eigenvalue weighted by atomic mass is 10.0. The van der Waals surface area contributed by atoms with Crippen LogP contribution in [0.15, 0.2) is 4.52 Å². The van der Waals surface area contributed by atoms with Crippen LogP contribution in [0.1, 0.15) is 25.6 Å². The second-order valence-electron chi connectivity index (χ2n) is 4.66. The molecular formula is C12H21F2N3O2. The number of rotatable bonds is 9. The molecule has 0 aliphatic heterocycles. The number of hydrogen-bond acceptors (Lipinski definition) is 5. The molecule has 1 atom stereocenters. The number of ether oxygens (including phenoxy) is 1. The SMILES string of the molecule is CNC(Cc1nc(CCOCC(F)F)no1)C(C)C. The molecule has 0 amide bonds. The summed E-state index contributed by atoms with van der Waals surface area (Å²) < 4.78 is 33.6. The molecule has 1 aromatic rings. The Morgan fingerprint density at radius 3 is 2.68 bits per heavy atom. The van der Waals surface area contributed by atoms with Crippen molar-refractivity contribution < 1.29 is 18.0 Å². The highest BCUT2D eigenvalue weighted by Gasteiger charge is 2.16. The van der Waals surface area contributed by atoms with Crippen molar-refractivity contribution in [1.29, 1.82) is 0 Å². The Labute approximate surface area is 111 Å². The van der Waals surface area contributed by atoms with Crippen molar-refractivity contribution in [2.75, 3.05) is 20.3 Å². The number of halogens is 2. The van der Waals surface area contributed by atoms with E-state index in [1.807, 2.05) is 7.05 Å². The second-order valence-corrected chi connectivity index (χ2v) is 4.66. The maximum absolute atomic E-state index is 11.8. The zero-order valence-corrected chi connectivity index (χ0v) is 11.5. The minimum atomic E-state index is -2.44. The zero-order valence-electron chi connectivity index (χ0n) is 11.5. The average molecular weight is 277 g/mol. The highest BCUT2D eigenvalue weighted by molar-refractivity contribution is 4.90. The molecule has 19 heavy (non-hydrogen) atoms. The van der Waals surface area contributed by atoms with Crippen molar-refractivity contribution in [3.05, 3.63) is 11.7 Å². The topological polar surface area (TPSA) is 60.2 Å². The molecule has 5 nitrogen and oxygen atoms in total. The van der Waals surface area contributed by atoms with Crippen molar-refractivity contribution in [3.8, 4) is 0 Å². The van der Waals surface area contributed by atoms with E-state index in [0.717, 1.165) is 0 Å². The molecule has 110 valence electrons. The van der Waals surface area contributed by atoms with Gasteiger partial charge in [-0.05, 0) is 13.0 Å². The van der Waals surface area contributed by atoms with Gasteiger partial charge in [0.05, 0.1) is 6.61 Å². The average Bonchev–Trinajstić information content (AvgIpc) is 2.78. The summed E-state index contributed by atoms with van der Waals surface area (Å²) in [7, 11) is 1.89. The highest BCUT2D eigenvalue weighted by atomic mass is 19.3. The molecule has 0 aliphatic rings. The lowest BCUT2D eigenvalue weighted by molar-refractivity contribution is 0.0182. The van der Waals surface area contributed by atoms with Crippen molar-refractivity contribution in [2.24, 2.45) is 5.92 Å². The Morgan fingerprint density at radius 2 is 2.11 bits per heavy atom. The highest BCUT2D eigenvalue weighted by Crippen LogP contribution is 2.09. The van der Waals surface area contributed by atoms with Gasteiger partial charge >= 0.3 is 0 Å². The predicted molar refractivity (Wildman–Crippen MR) is 66.2 cm³/mol. The van der Waals surface area contributed by atoms with Crippen LogP contribution >= 0.6 is 0 Å². The summed E-state index contributed by atoms with van der Waals surface area (Å²) in [5, 5.41) is 6.99. The summed E-state index contributed by atoms with van der Waals surface area (Å²) >= 11 is 0. The van der Waals surface area contributed by atoms with E-state index in [-0.39, 0.29) is 12.6 Å². The molecule has 1 rings (SSSR count). The van der Waals surface area contributed by atoms with Crippen LogP contribution < -0.4 is 5.32 Å². The maximum atomic E-state index is 11.8. The maximum Gasteiger partial charge on any atom is 0.261 e. The standard InChI is InChI=1S/C12H21F2N3O2/c1-8(2)9(15-3)6-12-16-11(17-19-12)4-5-18-7-10(13)14/h8-10,15H,4-7H2,1-3H3. The fourth-order valence-corrected chi connectivity index (χ4v) is 1.67. The summed E-state index contributed by atoms with van der Waals surface area (Å²) in [5.41, 5.74) is 0. The molecule has 0 aromatic carbocycles. The molecule has 1 N–H and O–H groups in total. The number of hydrogen-bond donors (Lipinski definition) is 1. The van der Waals surface area contributed by atoms with Gasteiger partial charge in [0.1, 0.15) is 6.61 Å². The van der Waals surface area contributed by atoms with Crippen LogP contribution in [0, 0.1) is 5.92 Å². The van der Waals surface area contributed by atoms with Crippen molar-refractivity contribution >= 4 is 0 Å². The van der Waals surface area contributed by atoms with Gasteiger partial charge in [-0.3, -0.25) is 0 Å². The Bertz CT molecular complexity index is 358. The van der Waals surface area contributed by atoms with Gasteiger partial charge < -0.3 is 14.6 Å². The summed E-state index contributed by atoms with van der Waals surface area (Å²) in [6.07, 6.45) is -1.41. The first-order valence-corrected chi connectivity index (χ1v) is 6.37. The van der Waals surface area contributed by atoms with Crippen LogP contribution in [-0.4, -0.2) is 42.9 Å². The number of alkyl halides is 2. The van der Waals surface area contributed by atoms with Crippen LogP contribution in [-0.2, 0) is 17.6 Å². The molecule has 7 heteroatoms. The first kappa shape index (κ1) is 16.0. The van der Waals surface area contributed by atoms with E-state index in [2.05, 4.69) is 29.3 Å². The molecular weight excluding hydrogens is 256 g/mol. The Hall–Kier alpha value is -1.08. The summed E-state index contributed by atoms with van der Waals surface area (Å²) in [4.78, 5) is 4.21. The third-order valence-electron chi connectivity index (χ3n) is 2.79. The quantitative estimate of drug-likeness (QED) is 0.696. The van der Waals surface area contributed by atoms with E-state index in [1.165, 1.54) is 0 Å². The summed E-state index contributed by atoms with van der Waals surface area (Å²) in [6.45, 7) is 3.83. The third-order valence-corrected chi connectivity index (χ3v) is 2.79. The fourth-order valence-electron chi connectivity index (χ4n) is 1.67. The molecule has 0 aliphatic carbocycles. The number of likely N-dealkylation sites (N-methyl/N-ethyl adjacent to an activating group) is 1. The van der Waals surface area contributed by atoms with Gasteiger partial charge in [-0.2, -0.15) is 4.98 Å². The van der Waals surface area contributed by atoms with E-state index in [1.54, 1.807) is 0 Å². The molecule has 0 fully saturated rings. The van der Waals surface area contributed by atoms with E-state index >= 15 is 0 Å². The Morgan fingerprint density at radius 1 is 1.37 bits per heavy atom. The zero-order chi connectivity index (χ0) is 14.3. The van der Waals surface area contributed by atoms with E-state index in [4.69, 9.17) is 9.26 Å². The molecule has 1 aromatic heterocycles. The monoisotopic (exact) mass is 277 g/mol. The molecule has 1 unspecified atom stereocenters. The lowest BCUT2D eigenvalue weighted by Gasteiger charge is -2.17. The van der Waals surface area contributed by atoms with Gasteiger partial charge in [0.25, 0.3) is 6.43 Å². The normalized spacial score (nSPS) is 13.4. The predicted octanol–water partition coefficient (Wildman–Crippen LogP) is 1.68. The van der Waals surface area contributed by atoms with Crippen molar-refractivity contribution in [2.45, 2.75) is 39.2 Å². The van der Waals surface area contributed by atoms with Gasteiger partial charge in [-0.15, -0.1) is 0 Å². The van der Waals surface area contributed by atoms with Crippen LogP contribution in [0.3, 0.4) is 0 Å². The minimum absolute atomic E-state index is 0.170. The van der Waals surface area contributed by atoms with Crippen LogP contribution in [0.2, 0.25) is 0 Å². The largest absolute Gasteiger partial charge is 0.375 e. The Balaban J connectivity index is 2.35. The first-order chi connectivity index (χ1) is 9.02. The lowest BCUT2D eigenvalue weighted by Crippen LogP contribution is -2.32. The van der Waals surface area contributed by atoms with E-state index < -0.39 is 13.0 Å². The van der Waals surface area contributed by atoms with Crippen LogP contribution in [0.5, 0.6) is 0 Å². The van der Waals surface area contributed by atoms with Gasteiger partial charge in [-0.25, -0.2) is 8.78 Å². The van der Waals surface area contributed by atoms with Gasteiger partial charge in [0.2, 0.25) is 5.89 Å². The summed E-state index contributed by atoms with van der Waals surface area (Å²) in [6, 6.07) is 0.267. The van der Waals surface area contributed by atoms with Crippen molar-refractivity contribution in [3.63, 3.8) is 0 Å². The fraction of sp³-hybridized carbons (Fsp3) is 0.833. The van der Waals surface area contributed by atoms with Crippen molar-refractivity contribution in [1.82, 2.24) is 15.5 Å². The molecule has 0 radical (unpaired) electrons. The van der Waals surface area contributed by atoms with E-state index in [0.29, 0.717) is 30.5 Å². The molecule has 0 bridgehead atoms. The minimum Gasteiger partial charge on any atom is -0.375 e. The smallest absolute Gasteiger partial charge is 0.261 e. The third kappa shape index (κ3) is 6.07. The number of aromatic nitrogens is 2. The molecule has 0 saturated carbocycles. The van der Waals surface area contributed by atoms with Gasteiger partial charge in [-0.1, -0.05) is 19.0 Å². The molecule has 0 saturated heterocycles. The van der Waals surface area contributed by atoms with Crippen LogP contribution in [0.25, 0.3) is 0 Å². The number of nitrogens with zero attached hydrogens (tertiary/aromatic N) is 2. The molecule has 0 spiro atoms. The van der Waals surface area contributed by atoms with Gasteiger partial charge in [0, 0.05) is 18.9 Å². The van der Waals surface area contributed by atoms with E-state index in [9.17, 15) is 8.78 Å². The van der Waals surface area contributed by atoms with Gasteiger partial charge in [0.15, 0.2) is 5.82 Å².